The Balaban J connectivity index is 2.58. The lowest BCUT2D eigenvalue weighted by molar-refractivity contribution is 0.504. The van der Waals surface area contributed by atoms with Gasteiger partial charge in [-0.25, -0.2) is 0 Å². The van der Waals surface area contributed by atoms with Gasteiger partial charge in [0, 0.05) is 6.54 Å². The fourth-order valence-electron chi connectivity index (χ4n) is 2.89. The topological polar surface area (TPSA) is 12.4 Å². The summed E-state index contributed by atoms with van der Waals surface area (Å²) in [6.07, 6.45) is 8.07. The van der Waals surface area contributed by atoms with E-state index in [1.807, 2.05) is 0 Å². The maximum atomic E-state index is 4.52. The third-order valence-corrected chi connectivity index (χ3v) is 4.14. The van der Waals surface area contributed by atoms with Crippen LogP contribution >= 0.6 is 0 Å². The van der Waals surface area contributed by atoms with E-state index in [1.54, 1.807) is 0 Å². The normalized spacial score (nSPS) is 14.2. The predicted molar refractivity (Wildman–Crippen MR) is 105 cm³/mol. The molecular weight excluding hydrogens is 278 g/mol. The smallest absolute Gasteiger partial charge is 0.0408 e. The van der Waals surface area contributed by atoms with Crippen LogP contribution in [0.25, 0.3) is 0 Å². The van der Waals surface area contributed by atoms with Crippen LogP contribution in [-0.2, 0) is 0 Å². The molecule has 0 N–H and O–H groups in total. The molecule has 0 aromatic heterocycles. The van der Waals surface area contributed by atoms with E-state index in [-0.39, 0.29) is 0 Å². The highest BCUT2D eigenvalue weighted by atomic mass is 14.7. The minimum absolute atomic E-state index is 0.601. The van der Waals surface area contributed by atoms with E-state index in [4.69, 9.17) is 0 Å². The first kappa shape index (κ1) is 19.7. The summed E-state index contributed by atoms with van der Waals surface area (Å²) < 4.78 is 0. The van der Waals surface area contributed by atoms with Crippen molar-refractivity contribution in [3.05, 3.63) is 47.0 Å². The molecular formula is C22H35N. The minimum atomic E-state index is 0.601. The number of hydrogen-bond donors (Lipinski definition) is 0. The van der Waals surface area contributed by atoms with Gasteiger partial charge in [0.1, 0.15) is 0 Å². The molecule has 1 aromatic carbocycles. The van der Waals surface area contributed by atoms with Crippen LogP contribution < -0.4 is 0 Å². The lowest BCUT2D eigenvalue weighted by Gasteiger charge is -2.19. The van der Waals surface area contributed by atoms with Crippen molar-refractivity contribution in [3.8, 4) is 0 Å². The molecule has 0 saturated heterocycles. The fraction of sp³-hybridized carbons (Fsp3) is 0.591. The molecule has 1 aromatic rings. The van der Waals surface area contributed by atoms with Gasteiger partial charge in [-0.2, -0.15) is 0 Å². The summed E-state index contributed by atoms with van der Waals surface area (Å²) in [4.78, 5) is 4.52. The summed E-state index contributed by atoms with van der Waals surface area (Å²) in [6.45, 7) is 14.3. The van der Waals surface area contributed by atoms with Crippen molar-refractivity contribution in [2.24, 2.45) is 16.8 Å². The summed E-state index contributed by atoms with van der Waals surface area (Å²) in [7, 11) is 0. The Kier molecular flexibility index (Phi) is 8.91. The zero-order valence-corrected chi connectivity index (χ0v) is 16.0. The molecule has 23 heavy (non-hydrogen) atoms. The molecule has 0 aliphatic heterocycles. The van der Waals surface area contributed by atoms with Gasteiger partial charge in [0.25, 0.3) is 0 Å². The van der Waals surface area contributed by atoms with Crippen molar-refractivity contribution in [3.63, 3.8) is 0 Å². The van der Waals surface area contributed by atoms with E-state index >= 15 is 0 Å². The first-order chi connectivity index (χ1) is 10.9. The zero-order chi connectivity index (χ0) is 17.2. The van der Waals surface area contributed by atoms with E-state index in [9.17, 15) is 0 Å². The molecule has 2 atom stereocenters. The van der Waals surface area contributed by atoms with E-state index in [0.29, 0.717) is 17.8 Å². The van der Waals surface area contributed by atoms with Gasteiger partial charge in [0.15, 0.2) is 0 Å². The van der Waals surface area contributed by atoms with E-state index in [0.717, 1.165) is 13.0 Å². The zero-order valence-electron chi connectivity index (χ0n) is 16.0. The van der Waals surface area contributed by atoms with Gasteiger partial charge >= 0.3 is 0 Å². The highest BCUT2D eigenvalue weighted by Gasteiger charge is 2.12. The standard InChI is InChI=1S/C22H35N/c1-17(2)14-21(8-7-13-23-16-18(3)4)15-20(6)22-11-9-19(5)10-12-22/h9-14,18,20-21H,7-8,15-16H2,1-6H3/t20-,21?/m0/s1. The van der Waals surface area contributed by atoms with Crippen LogP contribution in [0.15, 0.2) is 40.9 Å². The van der Waals surface area contributed by atoms with Crippen LogP contribution in [0.5, 0.6) is 0 Å². The van der Waals surface area contributed by atoms with E-state index in [1.165, 1.54) is 29.5 Å². The molecule has 0 heterocycles. The first-order valence-electron chi connectivity index (χ1n) is 9.08. The van der Waals surface area contributed by atoms with Crippen molar-refractivity contribution in [1.29, 1.82) is 0 Å². The van der Waals surface area contributed by atoms with Crippen molar-refractivity contribution in [2.75, 3.05) is 6.54 Å². The van der Waals surface area contributed by atoms with Crippen molar-refractivity contribution < 1.29 is 0 Å². The third kappa shape index (κ3) is 8.74. The Morgan fingerprint density at radius 1 is 1.09 bits per heavy atom. The molecule has 1 heteroatoms. The van der Waals surface area contributed by atoms with Crippen LogP contribution in [0.2, 0.25) is 0 Å². The van der Waals surface area contributed by atoms with Crippen LogP contribution in [-0.4, -0.2) is 12.8 Å². The Labute approximate surface area is 143 Å². The number of aliphatic imine (C=N–C) groups is 1. The second-order valence-corrected chi connectivity index (χ2v) is 7.57. The molecule has 0 spiro atoms. The third-order valence-electron chi connectivity index (χ3n) is 4.14. The Bertz CT molecular complexity index is 489. The molecule has 1 nitrogen and oxygen atoms in total. The van der Waals surface area contributed by atoms with Crippen LogP contribution in [0.1, 0.15) is 70.9 Å². The Hall–Kier alpha value is -1.37. The fourth-order valence-corrected chi connectivity index (χ4v) is 2.89. The maximum Gasteiger partial charge on any atom is 0.0408 e. The van der Waals surface area contributed by atoms with Crippen molar-refractivity contribution >= 4 is 6.21 Å². The molecule has 0 bridgehead atoms. The van der Waals surface area contributed by atoms with Gasteiger partial charge in [0.05, 0.1) is 0 Å². The molecule has 128 valence electrons. The van der Waals surface area contributed by atoms with Gasteiger partial charge in [-0.05, 0) is 69.6 Å². The highest BCUT2D eigenvalue weighted by Crippen LogP contribution is 2.27. The lowest BCUT2D eigenvalue weighted by atomic mass is 9.86. The van der Waals surface area contributed by atoms with Crippen molar-refractivity contribution in [1.82, 2.24) is 0 Å². The summed E-state index contributed by atoms with van der Waals surface area (Å²) in [6, 6.07) is 9.01. The van der Waals surface area contributed by atoms with Crippen molar-refractivity contribution in [2.45, 2.75) is 66.7 Å². The quantitative estimate of drug-likeness (QED) is 0.361. The van der Waals surface area contributed by atoms with Gasteiger partial charge in [-0.1, -0.05) is 62.2 Å². The Morgan fingerprint density at radius 3 is 2.30 bits per heavy atom. The molecule has 0 fully saturated rings. The predicted octanol–water partition coefficient (Wildman–Crippen LogP) is 6.58. The molecule has 1 rings (SSSR count). The number of benzene rings is 1. The summed E-state index contributed by atoms with van der Waals surface area (Å²) >= 11 is 0. The maximum absolute atomic E-state index is 4.52. The van der Waals surface area contributed by atoms with Crippen LogP contribution in [0.4, 0.5) is 0 Å². The molecule has 0 radical (unpaired) electrons. The second kappa shape index (κ2) is 10.4. The monoisotopic (exact) mass is 313 g/mol. The Morgan fingerprint density at radius 2 is 1.74 bits per heavy atom. The summed E-state index contributed by atoms with van der Waals surface area (Å²) in [5.41, 5.74) is 4.21. The molecule has 0 aliphatic carbocycles. The van der Waals surface area contributed by atoms with E-state index in [2.05, 4.69) is 83.1 Å². The molecule has 0 saturated carbocycles. The molecule has 0 aliphatic rings. The van der Waals surface area contributed by atoms with Gasteiger partial charge in [0.2, 0.25) is 0 Å². The molecule has 0 amide bonds. The SMILES string of the molecule is CC(C)=CC(CCC=NCC(C)C)C[C@H](C)c1ccc(C)cc1. The molecule has 1 unspecified atom stereocenters. The van der Waals surface area contributed by atoms with E-state index < -0.39 is 0 Å². The summed E-state index contributed by atoms with van der Waals surface area (Å²) in [5.74, 6) is 1.90. The first-order valence-corrected chi connectivity index (χ1v) is 9.08. The average molecular weight is 314 g/mol. The highest BCUT2D eigenvalue weighted by molar-refractivity contribution is 5.57. The van der Waals surface area contributed by atoms with Gasteiger partial charge in [-0.15, -0.1) is 0 Å². The minimum Gasteiger partial charge on any atom is -0.297 e. The number of aryl methyl sites for hydroxylation is 1. The van der Waals surface area contributed by atoms with Gasteiger partial charge < -0.3 is 0 Å². The van der Waals surface area contributed by atoms with Crippen LogP contribution in [0, 0.1) is 18.8 Å². The number of hydrogen-bond acceptors (Lipinski definition) is 1. The largest absolute Gasteiger partial charge is 0.297 e. The second-order valence-electron chi connectivity index (χ2n) is 7.57. The number of nitrogens with zero attached hydrogens (tertiary/aromatic N) is 1. The summed E-state index contributed by atoms with van der Waals surface area (Å²) in [5, 5.41) is 0. The lowest BCUT2D eigenvalue weighted by Crippen LogP contribution is -2.05. The number of rotatable bonds is 9. The average Bonchev–Trinajstić information content (AvgIpc) is 2.46. The van der Waals surface area contributed by atoms with Gasteiger partial charge in [-0.3, -0.25) is 4.99 Å². The number of allylic oxidation sites excluding steroid dienone is 2. The van der Waals surface area contributed by atoms with Crippen LogP contribution in [0.3, 0.4) is 0 Å².